The number of pyridine rings is 1. The molecule has 4 aliphatic carbocycles. The van der Waals surface area contributed by atoms with Gasteiger partial charge in [0.05, 0.1) is 6.04 Å². The molecule has 2 aromatic rings. The van der Waals surface area contributed by atoms with Crippen molar-refractivity contribution in [3.63, 3.8) is 0 Å². The second-order valence-electron chi connectivity index (χ2n) is 9.68. The number of nitrogens with one attached hydrogen (secondary N) is 1. The van der Waals surface area contributed by atoms with Gasteiger partial charge in [0.2, 0.25) is 5.91 Å². The number of hydrogen-bond acceptors (Lipinski definition) is 4. The minimum Gasteiger partial charge on any atom is -0.346 e. The zero-order valence-corrected chi connectivity index (χ0v) is 19.3. The summed E-state index contributed by atoms with van der Waals surface area (Å²) in [6, 6.07) is 5.80. The average Bonchev–Trinajstić information content (AvgIpc) is 3.06. The third-order valence-electron chi connectivity index (χ3n) is 7.24. The Balaban J connectivity index is 1.33. The lowest BCUT2D eigenvalue weighted by Crippen LogP contribution is -2.54. The van der Waals surface area contributed by atoms with Gasteiger partial charge < -0.3 is 5.32 Å². The molecule has 2 aromatic heterocycles. The number of fused-ring (bicyclic) bond motifs is 1. The summed E-state index contributed by atoms with van der Waals surface area (Å²) < 4.78 is 2.29. The van der Waals surface area contributed by atoms with E-state index in [1.165, 1.54) is 32.1 Å². The van der Waals surface area contributed by atoms with E-state index in [9.17, 15) is 4.79 Å². The van der Waals surface area contributed by atoms with Gasteiger partial charge in [0, 0.05) is 16.9 Å². The van der Waals surface area contributed by atoms with Crippen molar-refractivity contribution in [2.75, 3.05) is 12.0 Å². The molecule has 0 spiro atoms. The minimum absolute atomic E-state index is 0.0980. The largest absolute Gasteiger partial charge is 0.346 e. The smallest absolute Gasteiger partial charge is 0.221 e. The lowest BCUT2D eigenvalue weighted by atomic mass is 9.48. The monoisotopic (exact) mass is 476 g/mol. The number of halogens is 1. The van der Waals surface area contributed by atoms with Gasteiger partial charge in [-0.15, -0.1) is 10.2 Å². The van der Waals surface area contributed by atoms with Crippen molar-refractivity contribution in [3.8, 4) is 0 Å². The molecule has 29 heavy (non-hydrogen) atoms. The predicted octanol–water partition coefficient (Wildman–Crippen LogP) is 4.76. The number of aromatic nitrogens is 3. The van der Waals surface area contributed by atoms with Crippen LogP contribution in [0.3, 0.4) is 0 Å². The summed E-state index contributed by atoms with van der Waals surface area (Å²) in [6.45, 7) is 0. The lowest BCUT2D eigenvalue weighted by molar-refractivity contribution is -0.129. The number of rotatable bonds is 7. The molecule has 1 amide bonds. The van der Waals surface area contributed by atoms with Crippen LogP contribution in [0.2, 0.25) is 0 Å². The molecule has 4 saturated carbocycles. The highest BCUT2D eigenvalue weighted by molar-refractivity contribution is 9.10. The van der Waals surface area contributed by atoms with Gasteiger partial charge in [0.25, 0.3) is 0 Å². The number of amides is 1. The standard InChI is InChI=1S/C22H29BrN4OS/c1-29-7-5-17(20-26-25-18-4-2-3-6-27(18)20)24-19(28)13-21-9-15-8-16(10-21)12-22(23,11-15)14-21/h2-4,6,15-17H,5,7-14H2,1H3,(H,24,28). The molecule has 0 radical (unpaired) electrons. The summed E-state index contributed by atoms with van der Waals surface area (Å²) in [7, 11) is 0. The maximum Gasteiger partial charge on any atom is 0.221 e. The molecule has 4 bridgehead atoms. The summed E-state index contributed by atoms with van der Waals surface area (Å²) >= 11 is 5.87. The zero-order chi connectivity index (χ0) is 20.1. The van der Waals surface area contributed by atoms with Crippen molar-refractivity contribution in [2.45, 2.75) is 61.7 Å². The van der Waals surface area contributed by atoms with Crippen LogP contribution < -0.4 is 5.32 Å². The maximum atomic E-state index is 13.2. The molecule has 7 heteroatoms. The maximum absolute atomic E-state index is 13.2. The first-order chi connectivity index (χ1) is 14.0. The van der Waals surface area contributed by atoms with Crippen LogP contribution in [0.4, 0.5) is 0 Å². The van der Waals surface area contributed by atoms with Crippen LogP contribution in [-0.2, 0) is 4.79 Å². The Kier molecular flexibility index (Phi) is 5.18. The number of thioether (sulfide) groups is 1. The number of carbonyl (C=O) groups is 1. The van der Waals surface area contributed by atoms with E-state index in [2.05, 4.69) is 37.7 Å². The molecule has 3 atom stereocenters. The normalized spacial score (nSPS) is 33.9. The quantitative estimate of drug-likeness (QED) is 0.584. The van der Waals surface area contributed by atoms with Crippen LogP contribution in [0.25, 0.3) is 5.65 Å². The van der Waals surface area contributed by atoms with E-state index in [4.69, 9.17) is 0 Å². The van der Waals surface area contributed by atoms with Gasteiger partial charge in [-0.05, 0) is 86.3 Å². The number of nitrogens with zero attached hydrogens (tertiary/aromatic N) is 3. The molecule has 0 aromatic carbocycles. The summed E-state index contributed by atoms with van der Waals surface area (Å²) in [5, 5.41) is 12.1. The van der Waals surface area contributed by atoms with Gasteiger partial charge >= 0.3 is 0 Å². The fourth-order valence-corrected chi connectivity index (χ4v) is 8.71. The lowest BCUT2D eigenvalue weighted by Gasteiger charge is -2.60. The fraction of sp³-hybridized carbons (Fsp3) is 0.682. The molecule has 0 saturated heterocycles. The van der Waals surface area contributed by atoms with Gasteiger partial charge in [-0.3, -0.25) is 9.20 Å². The number of carbonyl (C=O) groups excluding carboxylic acids is 1. The van der Waals surface area contributed by atoms with Gasteiger partial charge in [-0.25, -0.2) is 0 Å². The zero-order valence-electron chi connectivity index (χ0n) is 16.9. The molecule has 3 unspecified atom stereocenters. The van der Waals surface area contributed by atoms with Crippen molar-refractivity contribution in [1.29, 1.82) is 0 Å². The summed E-state index contributed by atoms with van der Waals surface area (Å²) in [4.78, 5) is 13.2. The van der Waals surface area contributed by atoms with Gasteiger partial charge in [-0.1, -0.05) is 22.0 Å². The van der Waals surface area contributed by atoms with Gasteiger partial charge in [0.1, 0.15) is 0 Å². The van der Waals surface area contributed by atoms with E-state index in [1.54, 1.807) is 11.8 Å². The summed E-state index contributed by atoms with van der Waals surface area (Å²) in [5.41, 5.74) is 1.02. The topological polar surface area (TPSA) is 59.3 Å². The van der Waals surface area contributed by atoms with Crippen molar-refractivity contribution < 1.29 is 4.79 Å². The highest BCUT2D eigenvalue weighted by Gasteiger charge is 2.57. The minimum atomic E-state index is -0.0980. The Morgan fingerprint density at radius 1 is 1.31 bits per heavy atom. The highest BCUT2D eigenvalue weighted by Crippen LogP contribution is 2.65. The third-order valence-corrected chi connectivity index (χ3v) is 8.82. The molecule has 4 aliphatic rings. The van der Waals surface area contributed by atoms with E-state index < -0.39 is 0 Å². The Morgan fingerprint density at radius 3 is 2.83 bits per heavy atom. The molecule has 1 N–H and O–H groups in total. The first-order valence-electron chi connectivity index (χ1n) is 10.7. The molecule has 5 nitrogen and oxygen atoms in total. The first-order valence-corrected chi connectivity index (χ1v) is 12.9. The molecule has 6 rings (SSSR count). The second-order valence-corrected chi connectivity index (χ2v) is 12.3. The number of alkyl halides is 1. The molecule has 4 fully saturated rings. The van der Waals surface area contributed by atoms with Crippen molar-refractivity contribution in [2.24, 2.45) is 17.3 Å². The van der Waals surface area contributed by atoms with E-state index in [1.807, 2.05) is 28.8 Å². The Hall–Kier alpha value is -1.08. The van der Waals surface area contributed by atoms with Gasteiger partial charge in [-0.2, -0.15) is 11.8 Å². The molecular formula is C22H29BrN4OS. The predicted molar refractivity (Wildman–Crippen MR) is 120 cm³/mol. The Bertz CT molecular complexity index is 901. The number of hydrogen-bond donors (Lipinski definition) is 1. The molecular weight excluding hydrogens is 448 g/mol. The van der Waals surface area contributed by atoms with Crippen LogP contribution in [0, 0.1) is 17.3 Å². The second kappa shape index (κ2) is 7.56. The Morgan fingerprint density at radius 2 is 2.10 bits per heavy atom. The van der Waals surface area contributed by atoms with Crippen molar-refractivity contribution in [3.05, 3.63) is 30.2 Å². The first kappa shape index (κ1) is 19.9. The molecule has 0 aliphatic heterocycles. The van der Waals surface area contributed by atoms with E-state index >= 15 is 0 Å². The average molecular weight is 477 g/mol. The molecule has 156 valence electrons. The van der Waals surface area contributed by atoms with E-state index in [-0.39, 0.29) is 17.4 Å². The summed E-state index contributed by atoms with van der Waals surface area (Å²) in [5.74, 6) is 3.60. The van der Waals surface area contributed by atoms with Crippen LogP contribution in [0.5, 0.6) is 0 Å². The van der Waals surface area contributed by atoms with Crippen LogP contribution in [-0.4, -0.2) is 36.8 Å². The van der Waals surface area contributed by atoms with Gasteiger partial charge in [0.15, 0.2) is 11.5 Å². The van der Waals surface area contributed by atoms with Crippen molar-refractivity contribution in [1.82, 2.24) is 19.9 Å². The summed E-state index contributed by atoms with van der Waals surface area (Å²) in [6.07, 6.45) is 13.2. The van der Waals surface area contributed by atoms with Crippen LogP contribution in [0.15, 0.2) is 24.4 Å². The van der Waals surface area contributed by atoms with Crippen LogP contribution in [0.1, 0.15) is 63.2 Å². The van der Waals surface area contributed by atoms with E-state index in [0.717, 1.165) is 41.9 Å². The van der Waals surface area contributed by atoms with Crippen molar-refractivity contribution >= 4 is 39.2 Å². The SMILES string of the molecule is CSCCC(NC(=O)CC12CC3CC(CC(Br)(C3)C1)C2)c1nnc2ccccn12. The fourth-order valence-electron chi connectivity index (χ4n) is 6.73. The highest BCUT2D eigenvalue weighted by atomic mass is 79.9. The Labute approximate surface area is 184 Å². The third kappa shape index (κ3) is 3.85. The van der Waals surface area contributed by atoms with E-state index in [0.29, 0.717) is 10.7 Å². The van der Waals surface area contributed by atoms with Crippen LogP contribution >= 0.6 is 27.7 Å². The molecule has 2 heterocycles.